The van der Waals surface area contributed by atoms with Crippen LogP contribution in [-0.4, -0.2) is 37.2 Å². The number of amides is 1. The van der Waals surface area contributed by atoms with Crippen molar-refractivity contribution in [1.82, 2.24) is 15.8 Å². The van der Waals surface area contributed by atoms with Crippen molar-refractivity contribution >= 4 is 17.6 Å². The zero-order valence-electron chi connectivity index (χ0n) is 16.2. The molecule has 0 bridgehead atoms. The number of rotatable bonds is 8. The zero-order valence-corrected chi connectivity index (χ0v) is 16.2. The molecule has 146 valence electrons. The maximum absolute atomic E-state index is 11.1. The van der Waals surface area contributed by atoms with E-state index in [2.05, 4.69) is 39.9 Å². The van der Waals surface area contributed by atoms with Crippen LogP contribution in [-0.2, 0) is 11.3 Å². The second-order valence-electron chi connectivity index (χ2n) is 6.28. The Morgan fingerprint density at radius 2 is 2.11 bits per heavy atom. The molecule has 0 fully saturated rings. The number of guanidine groups is 1. The van der Waals surface area contributed by atoms with Gasteiger partial charge in [-0.2, -0.15) is 0 Å². The second kappa shape index (κ2) is 10.2. The van der Waals surface area contributed by atoms with Gasteiger partial charge in [-0.05, 0) is 18.1 Å². The van der Waals surface area contributed by atoms with Crippen LogP contribution in [0, 0.1) is 0 Å². The van der Waals surface area contributed by atoms with Crippen molar-refractivity contribution in [2.75, 3.05) is 25.5 Å². The number of nitrogens with zero attached hydrogens (tertiary/aromatic N) is 2. The predicted molar refractivity (Wildman–Crippen MR) is 105 cm³/mol. The third kappa shape index (κ3) is 7.01. The van der Waals surface area contributed by atoms with Crippen LogP contribution in [0.5, 0.6) is 5.75 Å². The van der Waals surface area contributed by atoms with E-state index in [1.54, 1.807) is 13.1 Å². The van der Waals surface area contributed by atoms with Crippen molar-refractivity contribution < 1.29 is 14.1 Å². The number of ether oxygens (including phenoxy) is 1. The lowest BCUT2D eigenvalue weighted by Crippen LogP contribution is -2.38. The lowest BCUT2D eigenvalue weighted by atomic mass is 10.1. The Balaban J connectivity index is 1.72. The minimum absolute atomic E-state index is 0.115. The van der Waals surface area contributed by atoms with E-state index in [1.165, 1.54) is 6.92 Å². The monoisotopic (exact) mass is 373 g/mol. The Morgan fingerprint density at radius 3 is 2.78 bits per heavy atom. The van der Waals surface area contributed by atoms with Gasteiger partial charge in [-0.1, -0.05) is 25.1 Å². The van der Waals surface area contributed by atoms with Gasteiger partial charge in [-0.3, -0.25) is 9.79 Å². The summed E-state index contributed by atoms with van der Waals surface area (Å²) < 4.78 is 11.0. The van der Waals surface area contributed by atoms with Gasteiger partial charge in [0.1, 0.15) is 12.4 Å². The highest BCUT2D eigenvalue weighted by Gasteiger charge is 2.08. The average Bonchev–Trinajstić information content (AvgIpc) is 3.10. The highest BCUT2D eigenvalue weighted by atomic mass is 16.5. The third-order valence-electron chi connectivity index (χ3n) is 3.64. The zero-order chi connectivity index (χ0) is 19.6. The number of carbonyl (C=O) groups is 1. The van der Waals surface area contributed by atoms with Crippen LogP contribution in [0.25, 0.3) is 0 Å². The Morgan fingerprint density at radius 1 is 1.30 bits per heavy atom. The normalized spacial score (nSPS) is 11.4. The summed E-state index contributed by atoms with van der Waals surface area (Å²) in [6, 6.07) is 9.21. The molecule has 27 heavy (non-hydrogen) atoms. The van der Waals surface area contributed by atoms with Gasteiger partial charge in [0.05, 0.1) is 18.8 Å². The quantitative estimate of drug-likeness (QED) is 0.373. The van der Waals surface area contributed by atoms with Gasteiger partial charge in [0.25, 0.3) is 0 Å². The van der Waals surface area contributed by atoms with E-state index in [4.69, 9.17) is 9.26 Å². The molecule has 0 atom stereocenters. The molecular formula is C19H27N5O3. The summed E-state index contributed by atoms with van der Waals surface area (Å²) in [6.45, 7) is 7.13. The van der Waals surface area contributed by atoms with Crippen molar-refractivity contribution in [2.45, 2.75) is 33.2 Å². The van der Waals surface area contributed by atoms with Gasteiger partial charge >= 0.3 is 0 Å². The van der Waals surface area contributed by atoms with Crippen molar-refractivity contribution in [2.24, 2.45) is 4.99 Å². The fourth-order valence-corrected chi connectivity index (χ4v) is 2.28. The van der Waals surface area contributed by atoms with Crippen molar-refractivity contribution in [1.29, 1.82) is 0 Å². The summed E-state index contributed by atoms with van der Waals surface area (Å²) in [6.07, 6.45) is 0. The molecule has 3 N–H and O–H groups in total. The van der Waals surface area contributed by atoms with Crippen molar-refractivity contribution in [3.05, 3.63) is 41.8 Å². The molecule has 8 heteroatoms. The molecule has 1 aromatic carbocycles. The van der Waals surface area contributed by atoms with Crippen LogP contribution < -0.4 is 20.7 Å². The first kappa shape index (κ1) is 20.3. The summed E-state index contributed by atoms with van der Waals surface area (Å²) in [5, 5.41) is 13.1. The molecule has 0 aliphatic rings. The highest BCUT2D eigenvalue weighted by Crippen LogP contribution is 2.17. The van der Waals surface area contributed by atoms with Gasteiger partial charge in [-0.15, -0.1) is 0 Å². The number of anilines is 1. The summed E-state index contributed by atoms with van der Waals surface area (Å²) in [5.41, 5.74) is 1.64. The molecule has 2 aromatic rings. The lowest BCUT2D eigenvalue weighted by molar-refractivity contribution is -0.114. The molecule has 0 spiro atoms. The third-order valence-corrected chi connectivity index (χ3v) is 3.64. The van der Waals surface area contributed by atoms with E-state index in [9.17, 15) is 4.79 Å². The predicted octanol–water partition coefficient (Wildman–Crippen LogP) is 2.50. The summed E-state index contributed by atoms with van der Waals surface area (Å²) in [5.74, 6) is 2.31. The van der Waals surface area contributed by atoms with E-state index in [-0.39, 0.29) is 5.91 Å². The van der Waals surface area contributed by atoms with E-state index in [0.717, 1.165) is 11.5 Å². The Hall–Kier alpha value is -3.03. The maximum Gasteiger partial charge on any atom is 0.221 e. The Kier molecular flexibility index (Phi) is 7.66. The van der Waals surface area contributed by atoms with Crippen LogP contribution >= 0.6 is 0 Å². The number of aliphatic imine (C=N–C) groups is 1. The summed E-state index contributed by atoms with van der Waals surface area (Å²) >= 11 is 0. The van der Waals surface area contributed by atoms with Crippen molar-refractivity contribution in [3.63, 3.8) is 0 Å². The van der Waals surface area contributed by atoms with Crippen LogP contribution in [0.1, 0.15) is 38.1 Å². The molecule has 1 amide bonds. The number of aromatic nitrogens is 1. The fraction of sp³-hybridized carbons (Fsp3) is 0.421. The van der Waals surface area contributed by atoms with Gasteiger partial charge in [0, 0.05) is 31.8 Å². The number of carbonyl (C=O) groups excluding carboxylic acids is 1. The minimum Gasteiger partial charge on any atom is -0.492 e. The molecule has 0 aliphatic carbocycles. The standard InChI is InChI=1S/C19H27N5O3/c1-13(2)18-11-17(27-24-18)12-22-19(20-4)21-8-9-26-16-7-5-6-15(10-16)23-14(3)25/h5-7,10-11,13H,8-9,12H2,1-4H3,(H,23,25)(H2,20,21,22). The summed E-state index contributed by atoms with van der Waals surface area (Å²) in [7, 11) is 1.70. The SMILES string of the molecule is CN=C(NCCOc1cccc(NC(C)=O)c1)NCc1cc(C(C)C)no1. The maximum atomic E-state index is 11.1. The molecule has 0 radical (unpaired) electrons. The number of nitrogens with one attached hydrogen (secondary N) is 3. The smallest absolute Gasteiger partial charge is 0.221 e. The molecule has 0 unspecified atom stereocenters. The van der Waals surface area contributed by atoms with Crippen LogP contribution in [0.3, 0.4) is 0 Å². The molecule has 1 aromatic heterocycles. The van der Waals surface area contributed by atoms with E-state index < -0.39 is 0 Å². The van der Waals surface area contributed by atoms with Gasteiger partial charge in [-0.25, -0.2) is 0 Å². The topological polar surface area (TPSA) is 101 Å². The van der Waals surface area contributed by atoms with Crippen molar-refractivity contribution in [3.8, 4) is 5.75 Å². The number of hydrogen-bond acceptors (Lipinski definition) is 5. The molecule has 1 heterocycles. The first-order valence-corrected chi connectivity index (χ1v) is 8.88. The Bertz CT molecular complexity index is 770. The van der Waals surface area contributed by atoms with E-state index in [1.807, 2.05) is 24.3 Å². The van der Waals surface area contributed by atoms with Crippen LogP contribution in [0.2, 0.25) is 0 Å². The van der Waals surface area contributed by atoms with Crippen LogP contribution in [0.4, 0.5) is 5.69 Å². The highest BCUT2D eigenvalue weighted by molar-refractivity contribution is 5.88. The number of benzene rings is 1. The lowest BCUT2D eigenvalue weighted by Gasteiger charge is -2.12. The Labute approximate surface area is 159 Å². The molecule has 0 saturated heterocycles. The van der Waals surface area contributed by atoms with Gasteiger partial charge in [0.2, 0.25) is 5.91 Å². The van der Waals surface area contributed by atoms with E-state index >= 15 is 0 Å². The summed E-state index contributed by atoms with van der Waals surface area (Å²) in [4.78, 5) is 15.3. The largest absolute Gasteiger partial charge is 0.492 e. The second-order valence-corrected chi connectivity index (χ2v) is 6.28. The molecular weight excluding hydrogens is 346 g/mol. The fourth-order valence-electron chi connectivity index (χ4n) is 2.28. The average molecular weight is 373 g/mol. The minimum atomic E-state index is -0.115. The van der Waals surface area contributed by atoms with Gasteiger partial charge < -0.3 is 25.2 Å². The van der Waals surface area contributed by atoms with Gasteiger partial charge in [0.15, 0.2) is 11.7 Å². The van der Waals surface area contributed by atoms with Crippen LogP contribution in [0.15, 0.2) is 39.8 Å². The van der Waals surface area contributed by atoms with E-state index in [0.29, 0.717) is 43.0 Å². The first-order valence-electron chi connectivity index (χ1n) is 8.88. The molecule has 8 nitrogen and oxygen atoms in total. The molecule has 2 rings (SSSR count). The number of hydrogen-bond donors (Lipinski definition) is 3. The molecule has 0 aliphatic heterocycles. The first-order chi connectivity index (χ1) is 13.0. The molecule has 0 saturated carbocycles.